The zero-order valence-electron chi connectivity index (χ0n) is 10.0. The van der Waals surface area contributed by atoms with Crippen LogP contribution in [0.4, 0.5) is 0 Å². The van der Waals surface area contributed by atoms with Crippen molar-refractivity contribution in [1.82, 2.24) is 9.44 Å². The molecule has 0 bridgehead atoms. The maximum Gasteiger partial charge on any atom is 0.277 e. The van der Waals surface area contributed by atoms with Gasteiger partial charge in [0, 0.05) is 11.6 Å². The van der Waals surface area contributed by atoms with Crippen molar-refractivity contribution in [2.75, 3.05) is 0 Å². The summed E-state index contributed by atoms with van der Waals surface area (Å²) in [6.07, 6.45) is -0.122. The molecule has 5 nitrogen and oxygen atoms in total. The molecule has 0 radical (unpaired) electrons. The fourth-order valence-electron chi connectivity index (χ4n) is 1.26. The summed E-state index contributed by atoms with van der Waals surface area (Å²) in [6, 6.07) is -0.287. The van der Waals surface area contributed by atoms with Crippen LogP contribution in [-0.4, -0.2) is 31.2 Å². The Hall–Kier alpha value is -0.170. The molecule has 0 saturated heterocycles. The molecule has 0 aromatic rings. The minimum Gasteiger partial charge on any atom is -0.393 e. The normalized spacial score (nSPS) is 17.5. The molecule has 15 heavy (non-hydrogen) atoms. The predicted octanol–water partition coefficient (Wildman–Crippen LogP) is 0.368. The Kier molecular flexibility index (Phi) is 5.19. The predicted molar refractivity (Wildman–Crippen MR) is 60.7 cm³/mol. The highest BCUT2D eigenvalue weighted by Gasteiger charge is 2.21. The third-order valence-corrected chi connectivity index (χ3v) is 3.09. The Bertz CT molecular complexity index is 280. The minimum absolute atomic E-state index is 0.287. The molecule has 0 heterocycles. The van der Waals surface area contributed by atoms with Gasteiger partial charge in [-0.25, -0.2) is 0 Å². The van der Waals surface area contributed by atoms with E-state index in [1.807, 2.05) is 0 Å². The van der Waals surface area contributed by atoms with Crippen molar-refractivity contribution in [1.29, 1.82) is 0 Å². The first-order chi connectivity index (χ1) is 6.52. The van der Waals surface area contributed by atoms with Gasteiger partial charge in [0.15, 0.2) is 0 Å². The second kappa shape index (κ2) is 5.25. The summed E-state index contributed by atoms with van der Waals surface area (Å²) in [5, 5.41) is 9.10. The van der Waals surface area contributed by atoms with Crippen LogP contribution in [0.3, 0.4) is 0 Å². The van der Waals surface area contributed by atoms with Crippen LogP contribution in [0, 0.1) is 0 Å². The number of rotatable bonds is 5. The molecular weight excluding hydrogens is 216 g/mol. The molecule has 0 aliphatic heterocycles. The van der Waals surface area contributed by atoms with Crippen LogP contribution in [-0.2, 0) is 10.2 Å². The van der Waals surface area contributed by atoms with Gasteiger partial charge in [-0.05, 0) is 41.0 Å². The smallest absolute Gasteiger partial charge is 0.277 e. The van der Waals surface area contributed by atoms with Crippen LogP contribution in [0.5, 0.6) is 0 Å². The topological polar surface area (TPSA) is 78.4 Å². The van der Waals surface area contributed by atoms with Gasteiger partial charge in [-0.15, -0.1) is 0 Å². The van der Waals surface area contributed by atoms with Gasteiger partial charge in [0.2, 0.25) is 0 Å². The summed E-state index contributed by atoms with van der Waals surface area (Å²) >= 11 is 0. The summed E-state index contributed by atoms with van der Waals surface area (Å²) in [4.78, 5) is 0. The van der Waals surface area contributed by atoms with Crippen molar-refractivity contribution in [2.24, 2.45) is 0 Å². The Balaban J connectivity index is 4.27. The maximum atomic E-state index is 11.5. The Morgan fingerprint density at radius 3 is 2.07 bits per heavy atom. The Morgan fingerprint density at radius 1 is 1.27 bits per heavy atom. The highest BCUT2D eigenvalue weighted by molar-refractivity contribution is 7.87. The van der Waals surface area contributed by atoms with E-state index in [1.54, 1.807) is 34.6 Å². The number of nitrogens with one attached hydrogen (secondary N) is 2. The Morgan fingerprint density at radius 2 is 1.73 bits per heavy atom. The average Bonchev–Trinajstić information content (AvgIpc) is 1.73. The van der Waals surface area contributed by atoms with Crippen molar-refractivity contribution in [3.05, 3.63) is 0 Å². The van der Waals surface area contributed by atoms with Crippen molar-refractivity contribution < 1.29 is 13.5 Å². The van der Waals surface area contributed by atoms with E-state index in [2.05, 4.69) is 9.44 Å². The van der Waals surface area contributed by atoms with Gasteiger partial charge in [-0.2, -0.15) is 17.9 Å². The number of aliphatic hydroxyl groups excluding tert-OH is 1. The highest BCUT2D eigenvalue weighted by atomic mass is 32.2. The fourth-order valence-corrected chi connectivity index (χ4v) is 2.75. The number of aliphatic hydroxyl groups is 1. The summed E-state index contributed by atoms with van der Waals surface area (Å²) in [7, 11) is -3.50. The van der Waals surface area contributed by atoms with Crippen molar-refractivity contribution in [3.63, 3.8) is 0 Å². The molecule has 0 amide bonds. The van der Waals surface area contributed by atoms with Crippen LogP contribution < -0.4 is 9.44 Å². The molecule has 0 aliphatic carbocycles. The van der Waals surface area contributed by atoms with E-state index in [1.165, 1.54) is 0 Å². The second-order valence-electron chi connectivity index (χ2n) is 4.96. The SMILES string of the molecule is CC(O)CC(C)NS(=O)(=O)NC(C)(C)C. The summed E-state index contributed by atoms with van der Waals surface area (Å²) < 4.78 is 28.0. The maximum absolute atomic E-state index is 11.5. The van der Waals surface area contributed by atoms with Gasteiger partial charge in [0.1, 0.15) is 0 Å². The van der Waals surface area contributed by atoms with Crippen molar-refractivity contribution >= 4 is 10.2 Å². The van der Waals surface area contributed by atoms with E-state index < -0.39 is 21.9 Å². The molecule has 92 valence electrons. The second-order valence-corrected chi connectivity index (χ2v) is 6.41. The van der Waals surface area contributed by atoms with Gasteiger partial charge < -0.3 is 5.11 Å². The lowest BCUT2D eigenvalue weighted by molar-refractivity contribution is 0.174. The lowest BCUT2D eigenvalue weighted by Crippen LogP contribution is -2.49. The highest BCUT2D eigenvalue weighted by Crippen LogP contribution is 2.03. The first-order valence-corrected chi connectivity index (χ1v) is 6.49. The third kappa shape index (κ3) is 8.80. The van der Waals surface area contributed by atoms with Gasteiger partial charge in [0.05, 0.1) is 6.10 Å². The standard InChI is InChI=1S/C9H22N2O3S/c1-7(6-8(2)12)10-15(13,14)11-9(3,4)5/h7-8,10-12H,6H2,1-5H3. The molecule has 0 aromatic heterocycles. The monoisotopic (exact) mass is 238 g/mol. The summed E-state index contributed by atoms with van der Waals surface area (Å²) in [5.74, 6) is 0. The van der Waals surface area contributed by atoms with E-state index in [0.717, 1.165) is 0 Å². The molecule has 6 heteroatoms. The molecular formula is C9H22N2O3S. The summed E-state index contributed by atoms with van der Waals surface area (Å²) in [6.45, 7) is 8.65. The largest absolute Gasteiger partial charge is 0.393 e. The minimum atomic E-state index is -3.50. The van der Waals surface area contributed by atoms with Crippen LogP contribution in [0.15, 0.2) is 0 Å². The molecule has 3 N–H and O–H groups in total. The number of hydrogen-bond acceptors (Lipinski definition) is 3. The van der Waals surface area contributed by atoms with E-state index >= 15 is 0 Å². The molecule has 2 atom stereocenters. The van der Waals surface area contributed by atoms with Crippen LogP contribution in [0.2, 0.25) is 0 Å². The molecule has 0 aromatic carbocycles. The zero-order valence-corrected chi connectivity index (χ0v) is 10.9. The third-order valence-electron chi connectivity index (χ3n) is 1.49. The van der Waals surface area contributed by atoms with Gasteiger partial charge in [-0.3, -0.25) is 0 Å². The first kappa shape index (κ1) is 14.8. The lowest BCUT2D eigenvalue weighted by atomic mass is 10.1. The molecule has 0 aliphatic rings. The van der Waals surface area contributed by atoms with Gasteiger partial charge in [0.25, 0.3) is 10.2 Å². The van der Waals surface area contributed by atoms with Crippen molar-refractivity contribution in [2.45, 2.75) is 58.7 Å². The van der Waals surface area contributed by atoms with Crippen LogP contribution >= 0.6 is 0 Å². The van der Waals surface area contributed by atoms with E-state index in [9.17, 15) is 8.42 Å². The van der Waals surface area contributed by atoms with E-state index in [-0.39, 0.29) is 6.04 Å². The van der Waals surface area contributed by atoms with Crippen LogP contribution in [0.1, 0.15) is 41.0 Å². The van der Waals surface area contributed by atoms with Crippen molar-refractivity contribution in [3.8, 4) is 0 Å². The van der Waals surface area contributed by atoms with Crippen LogP contribution in [0.25, 0.3) is 0 Å². The van der Waals surface area contributed by atoms with Gasteiger partial charge in [-0.1, -0.05) is 0 Å². The Labute approximate surface area is 92.4 Å². The molecule has 0 rings (SSSR count). The number of hydrogen-bond donors (Lipinski definition) is 3. The quantitative estimate of drug-likeness (QED) is 0.647. The van der Waals surface area contributed by atoms with E-state index in [0.29, 0.717) is 6.42 Å². The zero-order chi connectivity index (χ0) is 12.3. The summed E-state index contributed by atoms with van der Waals surface area (Å²) in [5.41, 5.74) is -0.504. The first-order valence-electron chi connectivity index (χ1n) is 5.01. The average molecular weight is 238 g/mol. The molecule has 0 spiro atoms. The van der Waals surface area contributed by atoms with Gasteiger partial charge >= 0.3 is 0 Å². The fraction of sp³-hybridized carbons (Fsp3) is 1.00. The molecule has 0 saturated carbocycles. The van der Waals surface area contributed by atoms with E-state index in [4.69, 9.17) is 5.11 Å². The molecule has 0 fully saturated rings. The molecule has 2 unspecified atom stereocenters. The lowest BCUT2D eigenvalue weighted by Gasteiger charge is -2.23.